The number of aryl methyl sites for hydroxylation is 1. The molecule has 1 aliphatic rings. The number of likely N-dealkylation sites (tertiary alicyclic amines) is 1. The van der Waals surface area contributed by atoms with Gasteiger partial charge in [-0.15, -0.1) is 11.3 Å². The van der Waals surface area contributed by atoms with Gasteiger partial charge in [0.05, 0.1) is 13.2 Å². The van der Waals surface area contributed by atoms with Crippen LogP contribution in [0.3, 0.4) is 0 Å². The van der Waals surface area contributed by atoms with Crippen molar-refractivity contribution in [2.24, 2.45) is 5.92 Å². The van der Waals surface area contributed by atoms with Gasteiger partial charge in [0, 0.05) is 43.6 Å². The number of amides is 2. The molecule has 1 fully saturated rings. The average Bonchev–Trinajstić information content (AvgIpc) is 3.28. The van der Waals surface area contributed by atoms with Crippen LogP contribution in [0.25, 0.3) is 0 Å². The number of carbonyl (C=O) groups excluding carboxylic acids is 2. The predicted molar refractivity (Wildman–Crippen MR) is 121 cm³/mol. The summed E-state index contributed by atoms with van der Waals surface area (Å²) in [5, 5.41) is 2.04. The molecule has 0 N–H and O–H groups in total. The molecule has 2 amide bonds. The second-order valence-corrected chi connectivity index (χ2v) is 9.06. The summed E-state index contributed by atoms with van der Waals surface area (Å²) in [6.45, 7) is 5.40. The van der Waals surface area contributed by atoms with Crippen molar-refractivity contribution < 1.29 is 14.3 Å². The zero-order chi connectivity index (χ0) is 21.3. The summed E-state index contributed by atoms with van der Waals surface area (Å²) < 4.78 is 5.19. The Morgan fingerprint density at radius 1 is 1.17 bits per heavy atom. The lowest BCUT2D eigenvalue weighted by atomic mass is 9.91. The Labute approximate surface area is 183 Å². The van der Waals surface area contributed by atoms with Crippen LogP contribution in [0.1, 0.15) is 46.5 Å². The Kier molecular flexibility index (Phi) is 8.46. The molecule has 2 aromatic rings. The molecule has 1 aliphatic heterocycles. The first-order valence-electron chi connectivity index (χ1n) is 10.7. The summed E-state index contributed by atoms with van der Waals surface area (Å²) in [4.78, 5) is 30.5. The van der Waals surface area contributed by atoms with Crippen molar-refractivity contribution in [3.05, 3.63) is 57.8 Å². The fraction of sp³-hybridized carbons (Fsp3) is 0.500. The molecule has 162 valence electrons. The topological polar surface area (TPSA) is 49.9 Å². The number of thiophene rings is 1. The summed E-state index contributed by atoms with van der Waals surface area (Å²) in [7, 11) is 1.67. The third kappa shape index (κ3) is 6.41. The summed E-state index contributed by atoms with van der Waals surface area (Å²) >= 11 is 1.68. The normalized spacial score (nSPS) is 14.7. The Balaban J connectivity index is 1.45. The van der Waals surface area contributed by atoms with Crippen LogP contribution in [-0.2, 0) is 16.1 Å². The third-order valence-corrected chi connectivity index (χ3v) is 6.67. The Morgan fingerprint density at radius 3 is 2.53 bits per heavy atom. The minimum absolute atomic E-state index is 0.117. The average molecular weight is 429 g/mol. The Morgan fingerprint density at radius 2 is 1.90 bits per heavy atom. The van der Waals surface area contributed by atoms with Crippen molar-refractivity contribution in [3.63, 3.8) is 0 Å². The van der Waals surface area contributed by atoms with E-state index >= 15 is 0 Å². The number of carbonyl (C=O) groups is 2. The number of rotatable bonds is 9. The second-order valence-electron chi connectivity index (χ2n) is 8.03. The van der Waals surface area contributed by atoms with Gasteiger partial charge in [-0.05, 0) is 55.7 Å². The molecule has 1 aromatic carbocycles. The van der Waals surface area contributed by atoms with Crippen molar-refractivity contribution in [1.29, 1.82) is 0 Å². The van der Waals surface area contributed by atoms with Gasteiger partial charge in [0.25, 0.3) is 5.91 Å². The minimum Gasteiger partial charge on any atom is -0.383 e. The van der Waals surface area contributed by atoms with Gasteiger partial charge in [0.15, 0.2) is 0 Å². The Bertz CT molecular complexity index is 796. The smallest absolute Gasteiger partial charge is 0.253 e. The van der Waals surface area contributed by atoms with Gasteiger partial charge < -0.3 is 14.5 Å². The van der Waals surface area contributed by atoms with E-state index in [0.29, 0.717) is 32.0 Å². The molecule has 2 heterocycles. The first kappa shape index (κ1) is 22.5. The molecular weight excluding hydrogens is 396 g/mol. The lowest BCUT2D eigenvalue weighted by Gasteiger charge is -2.32. The highest BCUT2D eigenvalue weighted by Gasteiger charge is 2.25. The number of nitrogens with zero attached hydrogens (tertiary/aromatic N) is 2. The van der Waals surface area contributed by atoms with E-state index in [9.17, 15) is 9.59 Å². The van der Waals surface area contributed by atoms with E-state index in [1.165, 1.54) is 4.88 Å². The summed E-state index contributed by atoms with van der Waals surface area (Å²) in [6, 6.07) is 11.9. The fourth-order valence-electron chi connectivity index (χ4n) is 3.87. The zero-order valence-corrected chi connectivity index (χ0v) is 18.8. The third-order valence-electron chi connectivity index (χ3n) is 5.81. The van der Waals surface area contributed by atoms with Crippen molar-refractivity contribution >= 4 is 23.2 Å². The van der Waals surface area contributed by atoms with Gasteiger partial charge in [-0.1, -0.05) is 23.8 Å². The van der Waals surface area contributed by atoms with E-state index in [1.807, 2.05) is 52.4 Å². The Hall–Kier alpha value is -2.18. The number of benzene rings is 1. The highest BCUT2D eigenvalue weighted by Crippen LogP contribution is 2.24. The summed E-state index contributed by atoms with van der Waals surface area (Å²) in [6.07, 6.45) is 3.38. The van der Waals surface area contributed by atoms with Crippen LogP contribution in [0.2, 0.25) is 0 Å². The molecule has 5 nitrogen and oxygen atoms in total. The van der Waals surface area contributed by atoms with E-state index in [2.05, 4.69) is 6.07 Å². The van der Waals surface area contributed by atoms with Crippen LogP contribution >= 0.6 is 11.3 Å². The highest BCUT2D eigenvalue weighted by atomic mass is 32.1. The van der Waals surface area contributed by atoms with E-state index in [1.54, 1.807) is 18.4 Å². The molecule has 3 rings (SSSR count). The number of methoxy groups -OCH3 is 1. The first-order chi connectivity index (χ1) is 14.6. The van der Waals surface area contributed by atoms with Crippen molar-refractivity contribution in [3.8, 4) is 0 Å². The molecule has 1 saturated heterocycles. The van der Waals surface area contributed by atoms with Crippen molar-refractivity contribution in [1.82, 2.24) is 9.80 Å². The standard InChI is InChI=1S/C24H32N2O3S/c1-19-5-8-21(9-6-19)24(28)25-13-11-20(12-14-25)7-10-23(27)26(15-16-29-2)18-22-4-3-17-30-22/h3-6,8-9,17,20H,7,10-16,18H2,1-2H3. The molecule has 0 aliphatic carbocycles. The first-order valence-corrected chi connectivity index (χ1v) is 11.6. The van der Waals surface area contributed by atoms with Crippen LogP contribution in [0.15, 0.2) is 41.8 Å². The quantitative estimate of drug-likeness (QED) is 0.596. The summed E-state index contributed by atoms with van der Waals surface area (Å²) in [5.74, 6) is 0.812. The maximum Gasteiger partial charge on any atom is 0.253 e. The van der Waals surface area contributed by atoms with Gasteiger partial charge in [0.2, 0.25) is 5.91 Å². The summed E-state index contributed by atoms with van der Waals surface area (Å²) in [5.41, 5.74) is 1.92. The molecule has 0 spiro atoms. The van der Waals surface area contributed by atoms with E-state index in [0.717, 1.165) is 43.5 Å². The van der Waals surface area contributed by atoms with Gasteiger partial charge in [-0.3, -0.25) is 9.59 Å². The van der Waals surface area contributed by atoms with E-state index in [-0.39, 0.29) is 11.8 Å². The largest absolute Gasteiger partial charge is 0.383 e. The molecule has 0 atom stereocenters. The maximum atomic E-state index is 12.8. The molecule has 0 radical (unpaired) electrons. The van der Waals surface area contributed by atoms with Gasteiger partial charge in [0.1, 0.15) is 0 Å². The lowest BCUT2D eigenvalue weighted by Crippen LogP contribution is -2.39. The fourth-order valence-corrected chi connectivity index (χ4v) is 4.59. The van der Waals surface area contributed by atoms with Gasteiger partial charge in [-0.2, -0.15) is 0 Å². The van der Waals surface area contributed by atoms with Crippen LogP contribution in [0, 0.1) is 12.8 Å². The number of hydrogen-bond donors (Lipinski definition) is 0. The maximum absolute atomic E-state index is 12.8. The molecule has 6 heteroatoms. The monoisotopic (exact) mass is 428 g/mol. The number of piperidine rings is 1. The minimum atomic E-state index is 0.117. The highest BCUT2D eigenvalue weighted by molar-refractivity contribution is 7.09. The van der Waals surface area contributed by atoms with Gasteiger partial charge in [-0.25, -0.2) is 0 Å². The van der Waals surface area contributed by atoms with Crippen molar-refractivity contribution in [2.75, 3.05) is 33.4 Å². The second kappa shape index (κ2) is 11.3. The number of hydrogen-bond acceptors (Lipinski definition) is 4. The molecule has 0 bridgehead atoms. The van der Waals surface area contributed by atoms with E-state index < -0.39 is 0 Å². The van der Waals surface area contributed by atoms with Crippen LogP contribution < -0.4 is 0 Å². The van der Waals surface area contributed by atoms with E-state index in [4.69, 9.17) is 4.74 Å². The molecule has 0 saturated carbocycles. The van der Waals surface area contributed by atoms with Gasteiger partial charge >= 0.3 is 0 Å². The SMILES string of the molecule is COCCN(Cc1cccs1)C(=O)CCC1CCN(C(=O)c2ccc(C)cc2)CC1. The van der Waals surface area contributed by atoms with Crippen LogP contribution in [0.5, 0.6) is 0 Å². The molecule has 0 unspecified atom stereocenters. The number of ether oxygens (including phenoxy) is 1. The predicted octanol–water partition coefficient (Wildman–Crippen LogP) is 4.36. The molecular formula is C24H32N2O3S. The van der Waals surface area contributed by atoms with Crippen molar-refractivity contribution in [2.45, 2.75) is 39.2 Å². The zero-order valence-electron chi connectivity index (χ0n) is 18.0. The molecule has 30 heavy (non-hydrogen) atoms. The van der Waals surface area contributed by atoms with Crippen LogP contribution in [-0.4, -0.2) is 55.0 Å². The lowest BCUT2D eigenvalue weighted by molar-refractivity contribution is -0.132. The molecule has 1 aromatic heterocycles. The van der Waals surface area contributed by atoms with Crippen LogP contribution in [0.4, 0.5) is 0 Å².